The summed E-state index contributed by atoms with van der Waals surface area (Å²) in [5, 5.41) is 5.73. The lowest BCUT2D eigenvalue weighted by molar-refractivity contribution is 0.0607. The van der Waals surface area contributed by atoms with Crippen LogP contribution in [-0.4, -0.2) is 36.2 Å². The number of methoxy groups -OCH3 is 1. The third-order valence-electron chi connectivity index (χ3n) is 3.17. The zero-order valence-electron chi connectivity index (χ0n) is 11.0. The van der Waals surface area contributed by atoms with E-state index in [1.165, 1.54) is 44.1 Å². The molecular formula is C13H18N2O2S2. The summed E-state index contributed by atoms with van der Waals surface area (Å²) in [5.74, 6) is -0.323. The number of carbonyl (C=O) groups excluding carboxylic acids is 1. The predicted molar refractivity (Wildman–Crippen MR) is 81.9 cm³/mol. The number of anilines is 1. The number of ether oxygens (including phenoxy) is 1. The highest BCUT2D eigenvalue weighted by atomic mass is 32.1. The maximum Gasteiger partial charge on any atom is 0.350 e. The third kappa shape index (κ3) is 3.67. The Labute approximate surface area is 122 Å². The molecule has 1 aromatic heterocycles. The lowest BCUT2D eigenvalue weighted by Gasteiger charge is -2.23. The Morgan fingerprint density at radius 1 is 1.37 bits per heavy atom. The summed E-state index contributed by atoms with van der Waals surface area (Å²) in [5.41, 5.74) is 0.742. The first kappa shape index (κ1) is 14.3. The van der Waals surface area contributed by atoms with Crippen LogP contribution in [0.3, 0.4) is 0 Å². The first-order chi connectivity index (χ1) is 9.22. The Kier molecular flexibility index (Phi) is 5.15. The molecule has 4 nitrogen and oxygen atoms in total. The Morgan fingerprint density at radius 3 is 2.68 bits per heavy atom. The summed E-state index contributed by atoms with van der Waals surface area (Å²) in [6.07, 6.45) is 4.89. The van der Waals surface area contributed by atoms with Crippen LogP contribution in [0.2, 0.25) is 0 Å². The highest BCUT2D eigenvalue weighted by molar-refractivity contribution is 7.80. The van der Waals surface area contributed by atoms with E-state index in [1.54, 1.807) is 0 Å². The fraction of sp³-hybridized carbons (Fsp3) is 0.538. The van der Waals surface area contributed by atoms with E-state index < -0.39 is 0 Å². The van der Waals surface area contributed by atoms with Gasteiger partial charge in [-0.25, -0.2) is 4.79 Å². The number of thiophene rings is 1. The summed E-state index contributed by atoms with van der Waals surface area (Å²) < 4.78 is 4.76. The van der Waals surface area contributed by atoms with Gasteiger partial charge < -0.3 is 15.0 Å². The van der Waals surface area contributed by atoms with Gasteiger partial charge in [0.1, 0.15) is 4.88 Å². The zero-order valence-corrected chi connectivity index (χ0v) is 12.6. The lowest BCUT2D eigenvalue weighted by Crippen LogP contribution is -2.35. The monoisotopic (exact) mass is 298 g/mol. The number of hydrogen-bond donors (Lipinski definition) is 1. The van der Waals surface area contributed by atoms with E-state index in [-0.39, 0.29) is 5.97 Å². The molecule has 1 N–H and O–H groups in total. The maximum absolute atomic E-state index is 11.6. The van der Waals surface area contributed by atoms with E-state index in [9.17, 15) is 4.79 Å². The number of esters is 1. The molecule has 1 saturated heterocycles. The number of rotatable bonds is 2. The predicted octanol–water partition coefficient (Wildman–Crippen LogP) is 3.11. The van der Waals surface area contributed by atoms with Crippen LogP contribution in [0.25, 0.3) is 0 Å². The Bertz CT molecular complexity index is 451. The largest absolute Gasteiger partial charge is 0.465 e. The van der Waals surface area contributed by atoms with E-state index in [2.05, 4.69) is 10.2 Å². The molecule has 1 fully saturated rings. The average Bonchev–Trinajstić information content (AvgIpc) is 2.71. The number of likely N-dealkylation sites (tertiary alicyclic amines) is 1. The normalized spacial score (nSPS) is 15.7. The van der Waals surface area contributed by atoms with Gasteiger partial charge in [-0.15, -0.1) is 11.3 Å². The first-order valence-corrected chi connectivity index (χ1v) is 7.73. The van der Waals surface area contributed by atoms with Gasteiger partial charge in [0.05, 0.1) is 12.8 Å². The van der Waals surface area contributed by atoms with Crippen molar-refractivity contribution in [1.82, 2.24) is 4.90 Å². The smallest absolute Gasteiger partial charge is 0.350 e. The first-order valence-electron chi connectivity index (χ1n) is 6.44. The lowest BCUT2D eigenvalue weighted by atomic mass is 10.2. The van der Waals surface area contributed by atoms with Crippen molar-refractivity contribution in [2.45, 2.75) is 25.7 Å². The SMILES string of the molecule is COC(=O)c1sccc1NC(=S)N1CCCCCC1. The van der Waals surface area contributed by atoms with Gasteiger partial charge >= 0.3 is 5.97 Å². The van der Waals surface area contributed by atoms with Crippen molar-refractivity contribution in [3.05, 3.63) is 16.3 Å². The van der Waals surface area contributed by atoms with Crippen LogP contribution in [0.4, 0.5) is 5.69 Å². The second kappa shape index (κ2) is 6.86. The minimum Gasteiger partial charge on any atom is -0.465 e. The van der Waals surface area contributed by atoms with Crippen molar-refractivity contribution >= 4 is 40.3 Å². The fourth-order valence-corrected chi connectivity index (χ4v) is 3.18. The van der Waals surface area contributed by atoms with Crippen LogP contribution in [0, 0.1) is 0 Å². The highest BCUT2D eigenvalue weighted by Crippen LogP contribution is 2.24. The quantitative estimate of drug-likeness (QED) is 0.671. The molecule has 0 aliphatic carbocycles. The number of carbonyl (C=O) groups is 1. The van der Waals surface area contributed by atoms with Crippen LogP contribution in [0.1, 0.15) is 35.4 Å². The topological polar surface area (TPSA) is 41.6 Å². The van der Waals surface area contributed by atoms with Crippen molar-refractivity contribution in [3.8, 4) is 0 Å². The van der Waals surface area contributed by atoms with Crippen LogP contribution in [-0.2, 0) is 4.74 Å². The molecule has 104 valence electrons. The molecule has 0 spiro atoms. The van der Waals surface area contributed by atoms with Gasteiger partial charge in [-0.3, -0.25) is 0 Å². The molecule has 2 heterocycles. The van der Waals surface area contributed by atoms with E-state index >= 15 is 0 Å². The van der Waals surface area contributed by atoms with Crippen molar-refractivity contribution in [3.63, 3.8) is 0 Å². The molecule has 1 aliphatic rings. The van der Waals surface area contributed by atoms with Crippen LogP contribution in [0.15, 0.2) is 11.4 Å². The average molecular weight is 298 g/mol. The van der Waals surface area contributed by atoms with Gasteiger partial charge in [0, 0.05) is 13.1 Å². The Balaban J connectivity index is 2.02. The molecule has 0 unspecified atom stereocenters. The van der Waals surface area contributed by atoms with Gasteiger partial charge in [-0.1, -0.05) is 12.8 Å². The molecular weight excluding hydrogens is 280 g/mol. The van der Waals surface area contributed by atoms with Gasteiger partial charge in [0.25, 0.3) is 0 Å². The summed E-state index contributed by atoms with van der Waals surface area (Å²) in [4.78, 5) is 14.4. The molecule has 1 aromatic rings. The molecule has 0 radical (unpaired) electrons. The van der Waals surface area contributed by atoms with Crippen LogP contribution >= 0.6 is 23.6 Å². The molecule has 1 aliphatic heterocycles. The Hall–Kier alpha value is -1.14. The molecule has 0 bridgehead atoms. The highest BCUT2D eigenvalue weighted by Gasteiger charge is 2.17. The molecule has 19 heavy (non-hydrogen) atoms. The van der Waals surface area contributed by atoms with E-state index in [4.69, 9.17) is 17.0 Å². The van der Waals surface area contributed by atoms with Gasteiger partial charge in [0.2, 0.25) is 0 Å². The summed E-state index contributed by atoms with van der Waals surface area (Å²) in [7, 11) is 1.39. The third-order valence-corrected chi connectivity index (χ3v) is 4.43. The van der Waals surface area contributed by atoms with Crippen LogP contribution < -0.4 is 5.32 Å². The van der Waals surface area contributed by atoms with Crippen molar-refractivity contribution in [2.24, 2.45) is 0 Å². The molecule has 2 rings (SSSR count). The van der Waals surface area contributed by atoms with E-state index in [0.717, 1.165) is 18.8 Å². The maximum atomic E-state index is 11.6. The zero-order chi connectivity index (χ0) is 13.7. The second-order valence-electron chi connectivity index (χ2n) is 4.49. The summed E-state index contributed by atoms with van der Waals surface area (Å²) in [6, 6.07) is 1.86. The fourth-order valence-electron chi connectivity index (χ4n) is 2.13. The molecule has 0 saturated carbocycles. The molecule has 6 heteroatoms. The standard InChI is InChI=1S/C13H18N2O2S2/c1-17-12(16)11-10(6-9-19-11)14-13(18)15-7-4-2-3-5-8-15/h6,9H,2-5,7-8H2,1H3,(H,14,18). The van der Waals surface area contributed by atoms with Gasteiger partial charge in [-0.2, -0.15) is 0 Å². The summed E-state index contributed by atoms with van der Waals surface area (Å²) >= 11 is 6.79. The molecule has 0 aromatic carbocycles. The van der Waals surface area contributed by atoms with E-state index in [0.29, 0.717) is 9.99 Å². The molecule has 0 amide bonds. The number of hydrogen-bond acceptors (Lipinski definition) is 4. The number of thiocarbonyl (C=S) groups is 1. The number of nitrogens with one attached hydrogen (secondary N) is 1. The summed E-state index contributed by atoms with van der Waals surface area (Å²) in [6.45, 7) is 1.98. The van der Waals surface area contributed by atoms with Crippen molar-refractivity contribution < 1.29 is 9.53 Å². The Morgan fingerprint density at radius 2 is 2.05 bits per heavy atom. The van der Waals surface area contributed by atoms with E-state index in [1.807, 2.05) is 11.4 Å². The van der Waals surface area contributed by atoms with Crippen molar-refractivity contribution in [2.75, 3.05) is 25.5 Å². The minimum absolute atomic E-state index is 0.323. The van der Waals surface area contributed by atoms with Crippen LogP contribution in [0.5, 0.6) is 0 Å². The van der Waals surface area contributed by atoms with Gasteiger partial charge in [-0.05, 0) is 36.5 Å². The van der Waals surface area contributed by atoms with Crippen molar-refractivity contribution in [1.29, 1.82) is 0 Å². The van der Waals surface area contributed by atoms with Gasteiger partial charge in [0.15, 0.2) is 5.11 Å². The minimum atomic E-state index is -0.323. The molecule has 0 atom stereocenters. The second-order valence-corrected chi connectivity index (χ2v) is 5.79. The number of nitrogens with zero attached hydrogens (tertiary/aromatic N) is 1.